The molecular weight excluding hydrogens is 210 g/mol. The Balaban J connectivity index is 1.84. The Morgan fingerprint density at radius 1 is 1.12 bits per heavy atom. The fourth-order valence-corrected chi connectivity index (χ4v) is 2.22. The molecule has 0 aliphatic heterocycles. The summed E-state index contributed by atoms with van der Waals surface area (Å²) in [5.41, 5.74) is 2.57. The molecule has 0 saturated heterocycles. The van der Waals surface area contributed by atoms with E-state index >= 15 is 0 Å². The van der Waals surface area contributed by atoms with E-state index in [1.165, 1.54) is 16.6 Å². The monoisotopic (exact) mass is 225 g/mol. The quantitative estimate of drug-likeness (QED) is 0.672. The third-order valence-corrected chi connectivity index (χ3v) is 3.21. The van der Waals surface area contributed by atoms with Gasteiger partial charge >= 0.3 is 0 Å². The second-order valence-electron chi connectivity index (χ2n) is 4.26. The van der Waals surface area contributed by atoms with E-state index in [0.717, 1.165) is 13.0 Å². The second-order valence-corrected chi connectivity index (χ2v) is 4.26. The van der Waals surface area contributed by atoms with Crippen LogP contribution in [0.3, 0.4) is 0 Å². The molecule has 0 aliphatic rings. The molecule has 2 aromatic heterocycles. The van der Waals surface area contributed by atoms with E-state index in [1.54, 1.807) is 0 Å². The molecule has 0 saturated carbocycles. The third kappa shape index (κ3) is 1.84. The van der Waals surface area contributed by atoms with Crippen molar-refractivity contribution in [3.05, 3.63) is 54.5 Å². The molecule has 0 fully saturated rings. The Morgan fingerprint density at radius 2 is 2.00 bits per heavy atom. The summed E-state index contributed by atoms with van der Waals surface area (Å²) < 4.78 is 4.23. The minimum absolute atomic E-state index is 0.993. The zero-order chi connectivity index (χ0) is 11.7. The van der Waals surface area contributed by atoms with Crippen LogP contribution < -0.4 is 0 Å². The van der Waals surface area contributed by atoms with Crippen molar-refractivity contribution in [1.82, 2.24) is 14.3 Å². The fourth-order valence-electron chi connectivity index (χ4n) is 2.22. The first-order valence-corrected chi connectivity index (χ1v) is 5.85. The highest BCUT2D eigenvalue weighted by Crippen LogP contribution is 2.15. The molecule has 3 nitrogen and oxygen atoms in total. The van der Waals surface area contributed by atoms with Crippen LogP contribution in [0.5, 0.6) is 0 Å². The predicted molar refractivity (Wildman–Crippen MR) is 68.9 cm³/mol. The van der Waals surface area contributed by atoms with Crippen molar-refractivity contribution >= 4 is 10.9 Å². The van der Waals surface area contributed by atoms with Crippen LogP contribution in [0.1, 0.15) is 5.69 Å². The van der Waals surface area contributed by atoms with Gasteiger partial charge in [0.2, 0.25) is 0 Å². The standard InChI is InChI=1S/C14H15N3/c1-16-13(6-9-15-16)8-11-17-10-7-12-4-2-3-5-14(12)17/h2-7,9-10H,8,11H2,1H3. The number of hydrogen-bond donors (Lipinski definition) is 0. The van der Waals surface area contributed by atoms with Crippen LogP contribution in [0.2, 0.25) is 0 Å². The molecule has 0 N–H and O–H groups in total. The lowest BCUT2D eigenvalue weighted by Crippen LogP contribution is -2.04. The lowest BCUT2D eigenvalue weighted by molar-refractivity contribution is 0.649. The average molecular weight is 225 g/mol. The first kappa shape index (κ1) is 10.1. The zero-order valence-electron chi connectivity index (χ0n) is 9.87. The molecule has 3 rings (SSSR count). The Morgan fingerprint density at radius 3 is 2.82 bits per heavy atom. The van der Waals surface area contributed by atoms with E-state index in [9.17, 15) is 0 Å². The Kier molecular flexibility index (Phi) is 2.44. The van der Waals surface area contributed by atoms with Crippen LogP contribution in [-0.4, -0.2) is 14.3 Å². The molecule has 17 heavy (non-hydrogen) atoms. The van der Waals surface area contributed by atoms with Gasteiger partial charge in [0.1, 0.15) is 0 Å². The highest BCUT2D eigenvalue weighted by molar-refractivity contribution is 5.79. The van der Waals surface area contributed by atoms with Gasteiger partial charge in [-0.15, -0.1) is 0 Å². The number of aromatic nitrogens is 3. The van der Waals surface area contributed by atoms with E-state index in [4.69, 9.17) is 0 Å². The first-order valence-electron chi connectivity index (χ1n) is 5.85. The normalized spacial score (nSPS) is 11.1. The van der Waals surface area contributed by atoms with Crippen molar-refractivity contribution in [3.8, 4) is 0 Å². The summed E-state index contributed by atoms with van der Waals surface area (Å²) in [5.74, 6) is 0. The van der Waals surface area contributed by atoms with E-state index in [2.05, 4.69) is 52.3 Å². The van der Waals surface area contributed by atoms with E-state index in [-0.39, 0.29) is 0 Å². The molecular formula is C14H15N3. The second kappa shape index (κ2) is 4.09. The Labute approximate surface area is 100 Å². The number of rotatable bonds is 3. The van der Waals surface area contributed by atoms with Crippen LogP contribution in [0.15, 0.2) is 48.8 Å². The smallest absolute Gasteiger partial charge is 0.0492 e. The summed E-state index contributed by atoms with van der Waals surface area (Å²) >= 11 is 0. The highest BCUT2D eigenvalue weighted by Gasteiger charge is 2.02. The summed E-state index contributed by atoms with van der Waals surface area (Å²) in [6, 6.07) is 12.7. The van der Waals surface area contributed by atoms with Gasteiger partial charge in [-0.2, -0.15) is 5.10 Å². The number of para-hydroxylation sites is 1. The number of nitrogens with zero attached hydrogens (tertiary/aromatic N) is 3. The largest absolute Gasteiger partial charge is 0.347 e. The van der Waals surface area contributed by atoms with Gasteiger partial charge < -0.3 is 4.57 Å². The number of fused-ring (bicyclic) bond motifs is 1. The minimum Gasteiger partial charge on any atom is -0.347 e. The van der Waals surface area contributed by atoms with Crippen molar-refractivity contribution in [1.29, 1.82) is 0 Å². The summed E-state index contributed by atoms with van der Waals surface area (Å²) in [6.45, 7) is 0.993. The predicted octanol–water partition coefficient (Wildman–Crippen LogP) is 2.62. The highest BCUT2D eigenvalue weighted by atomic mass is 15.3. The van der Waals surface area contributed by atoms with E-state index in [0.29, 0.717) is 0 Å². The van der Waals surface area contributed by atoms with Crippen LogP contribution in [0.4, 0.5) is 0 Å². The fraction of sp³-hybridized carbons (Fsp3) is 0.214. The molecule has 0 aliphatic carbocycles. The average Bonchev–Trinajstić information content (AvgIpc) is 2.93. The van der Waals surface area contributed by atoms with Gasteiger partial charge in [-0.05, 0) is 23.6 Å². The molecule has 0 bridgehead atoms. The molecule has 0 atom stereocenters. The van der Waals surface area contributed by atoms with Gasteiger partial charge in [0.15, 0.2) is 0 Å². The maximum Gasteiger partial charge on any atom is 0.0492 e. The topological polar surface area (TPSA) is 22.8 Å². The number of aryl methyl sites for hydroxylation is 3. The zero-order valence-corrected chi connectivity index (χ0v) is 9.87. The SMILES string of the molecule is Cn1nccc1CCn1ccc2ccccc21. The van der Waals surface area contributed by atoms with Crippen molar-refractivity contribution in [2.24, 2.45) is 7.05 Å². The maximum absolute atomic E-state index is 4.19. The van der Waals surface area contributed by atoms with Crippen molar-refractivity contribution in [3.63, 3.8) is 0 Å². The van der Waals surface area contributed by atoms with Gasteiger partial charge in [-0.3, -0.25) is 4.68 Å². The molecule has 2 heterocycles. The minimum atomic E-state index is 0.993. The molecule has 86 valence electrons. The molecule has 0 amide bonds. The van der Waals surface area contributed by atoms with Crippen LogP contribution in [0, 0.1) is 0 Å². The van der Waals surface area contributed by atoms with Crippen molar-refractivity contribution < 1.29 is 0 Å². The Hall–Kier alpha value is -2.03. The summed E-state index contributed by atoms with van der Waals surface area (Å²) in [5, 5.41) is 5.49. The molecule has 3 aromatic rings. The lowest BCUT2D eigenvalue weighted by Gasteiger charge is -2.05. The van der Waals surface area contributed by atoms with Gasteiger partial charge in [0.05, 0.1) is 0 Å². The van der Waals surface area contributed by atoms with Gasteiger partial charge in [-0.25, -0.2) is 0 Å². The van der Waals surface area contributed by atoms with E-state index < -0.39 is 0 Å². The van der Waals surface area contributed by atoms with Crippen LogP contribution in [0.25, 0.3) is 10.9 Å². The molecule has 0 radical (unpaired) electrons. The molecule has 3 heteroatoms. The summed E-state index contributed by atoms with van der Waals surface area (Å²) in [6.07, 6.45) is 5.01. The van der Waals surface area contributed by atoms with Crippen LogP contribution in [-0.2, 0) is 20.0 Å². The Bertz CT molecular complexity index is 634. The van der Waals surface area contributed by atoms with Crippen molar-refractivity contribution in [2.45, 2.75) is 13.0 Å². The molecule has 1 aromatic carbocycles. The van der Waals surface area contributed by atoms with Crippen molar-refractivity contribution in [2.75, 3.05) is 0 Å². The molecule has 0 spiro atoms. The van der Waals surface area contributed by atoms with Gasteiger partial charge in [0.25, 0.3) is 0 Å². The summed E-state index contributed by atoms with van der Waals surface area (Å²) in [4.78, 5) is 0. The first-order chi connectivity index (χ1) is 8.34. The third-order valence-electron chi connectivity index (χ3n) is 3.21. The van der Waals surface area contributed by atoms with E-state index in [1.807, 2.05) is 17.9 Å². The van der Waals surface area contributed by atoms with Gasteiger partial charge in [0, 0.05) is 43.6 Å². The van der Waals surface area contributed by atoms with Crippen LogP contribution >= 0.6 is 0 Å². The maximum atomic E-state index is 4.19. The number of hydrogen-bond acceptors (Lipinski definition) is 1. The number of benzene rings is 1. The lowest BCUT2D eigenvalue weighted by atomic mass is 10.2. The summed E-state index contributed by atoms with van der Waals surface area (Å²) in [7, 11) is 1.99. The van der Waals surface area contributed by atoms with Gasteiger partial charge in [-0.1, -0.05) is 18.2 Å². The molecule has 0 unspecified atom stereocenters.